The summed E-state index contributed by atoms with van der Waals surface area (Å²) >= 11 is 0. The Morgan fingerprint density at radius 2 is 1.90 bits per heavy atom. The summed E-state index contributed by atoms with van der Waals surface area (Å²) < 4.78 is 39.0. The number of benzene rings is 1. The van der Waals surface area contributed by atoms with Crippen molar-refractivity contribution in [2.75, 3.05) is 13.1 Å². The number of amides is 1. The third-order valence-electron chi connectivity index (χ3n) is 3.38. The van der Waals surface area contributed by atoms with E-state index in [1.807, 2.05) is 0 Å². The molecule has 0 bridgehead atoms. The zero-order valence-electron chi connectivity index (χ0n) is 11.4. The maximum absolute atomic E-state index is 12.8. The molecule has 1 aliphatic heterocycles. The molecule has 0 spiro atoms. The number of nitrogens with zero attached hydrogens (tertiary/aromatic N) is 1. The highest BCUT2D eigenvalue weighted by Gasteiger charge is 2.44. The Kier molecular flexibility index (Phi) is 3.84. The molecule has 2 rings (SSSR count). The first kappa shape index (κ1) is 14.9. The van der Waals surface area contributed by atoms with Crippen molar-refractivity contribution in [1.29, 1.82) is 0 Å². The van der Waals surface area contributed by atoms with Crippen LogP contribution in [0.2, 0.25) is 0 Å². The van der Waals surface area contributed by atoms with Gasteiger partial charge in [0.2, 0.25) is 15.9 Å². The monoisotopic (exact) mass is 300 g/mol. The maximum atomic E-state index is 12.8. The first-order valence-electron chi connectivity index (χ1n) is 6.27. The first-order chi connectivity index (χ1) is 9.23. The molecule has 0 radical (unpaired) electrons. The predicted molar refractivity (Wildman–Crippen MR) is 72.8 cm³/mol. The summed E-state index contributed by atoms with van der Waals surface area (Å²) in [5.41, 5.74) is -0.620. The second-order valence-electron chi connectivity index (χ2n) is 5.27. The van der Waals surface area contributed by atoms with E-state index in [2.05, 4.69) is 5.32 Å². The Bertz CT molecular complexity index is 611. The van der Waals surface area contributed by atoms with Crippen molar-refractivity contribution in [1.82, 2.24) is 9.62 Å². The fourth-order valence-corrected chi connectivity index (χ4v) is 4.15. The van der Waals surface area contributed by atoms with E-state index in [1.54, 1.807) is 13.8 Å². The summed E-state index contributed by atoms with van der Waals surface area (Å²) in [6.45, 7) is 3.68. The average Bonchev–Trinajstić information content (AvgIpc) is 2.35. The Morgan fingerprint density at radius 1 is 1.30 bits per heavy atom. The molecule has 1 aliphatic rings. The highest BCUT2D eigenvalue weighted by Crippen LogP contribution is 2.24. The van der Waals surface area contributed by atoms with Crippen molar-refractivity contribution >= 4 is 15.9 Å². The third kappa shape index (κ3) is 2.83. The fourth-order valence-electron chi connectivity index (χ4n) is 2.24. The van der Waals surface area contributed by atoms with Gasteiger partial charge in [-0.15, -0.1) is 0 Å². The van der Waals surface area contributed by atoms with E-state index >= 15 is 0 Å². The number of piperazine rings is 1. The van der Waals surface area contributed by atoms with Gasteiger partial charge in [-0.2, -0.15) is 4.31 Å². The van der Waals surface area contributed by atoms with Gasteiger partial charge in [-0.3, -0.25) is 4.79 Å². The lowest BCUT2D eigenvalue weighted by atomic mass is 10.0. The summed E-state index contributed by atoms with van der Waals surface area (Å²) in [7, 11) is -3.64. The molecule has 0 saturated carbocycles. The van der Waals surface area contributed by atoms with Crippen LogP contribution in [0.4, 0.5) is 4.39 Å². The molecule has 7 heteroatoms. The average molecular weight is 300 g/mol. The summed E-state index contributed by atoms with van der Waals surface area (Å²) in [5, 5.41) is 2.65. The van der Waals surface area contributed by atoms with Crippen LogP contribution in [0.1, 0.15) is 19.4 Å². The van der Waals surface area contributed by atoms with E-state index in [0.717, 1.165) is 0 Å². The molecule has 0 unspecified atom stereocenters. The Balaban J connectivity index is 2.25. The van der Waals surface area contributed by atoms with Crippen LogP contribution in [0.3, 0.4) is 0 Å². The van der Waals surface area contributed by atoms with Crippen molar-refractivity contribution in [3.8, 4) is 0 Å². The number of carbonyl (C=O) groups excluding carboxylic acids is 1. The lowest BCUT2D eigenvalue weighted by Crippen LogP contribution is -2.63. The van der Waals surface area contributed by atoms with Gasteiger partial charge in [0, 0.05) is 13.1 Å². The number of nitrogens with one attached hydrogen (secondary N) is 1. The van der Waals surface area contributed by atoms with Crippen LogP contribution in [0.25, 0.3) is 0 Å². The van der Waals surface area contributed by atoms with Crippen LogP contribution in [0, 0.1) is 5.82 Å². The Morgan fingerprint density at radius 3 is 2.50 bits per heavy atom. The molecule has 20 heavy (non-hydrogen) atoms. The van der Waals surface area contributed by atoms with Crippen LogP contribution in [-0.4, -0.2) is 37.3 Å². The van der Waals surface area contributed by atoms with Gasteiger partial charge in [-0.05, 0) is 31.5 Å². The van der Waals surface area contributed by atoms with Crippen LogP contribution in [-0.2, 0) is 20.6 Å². The number of halogens is 1. The van der Waals surface area contributed by atoms with Crippen LogP contribution in [0.15, 0.2) is 24.3 Å². The molecular formula is C13H17FN2O3S. The van der Waals surface area contributed by atoms with Crippen molar-refractivity contribution in [2.24, 2.45) is 0 Å². The van der Waals surface area contributed by atoms with Crippen LogP contribution < -0.4 is 5.32 Å². The van der Waals surface area contributed by atoms with E-state index in [-0.39, 0.29) is 18.2 Å². The van der Waals surface area contributed by atoms with Crippen molar-refractivity contribution in [2.45, 2.75) is 25.1 Å². The topological polar surface area (TPSA) is 66.5 Å². The zero-order valence-corrected chi connectivity index (χ0v) is 12.2. The molecular weight excluding hydrogens is 283 g/mol. The van der Waals surface area contributed by atoms with Crippen molar-refractivity contribution in [3.63, 3.8) is 0 Å². The summed E-state index contributed by atoms with van der Waals surface area (Å²) in [6, 6.07) is 5.31. The summed E-state index contributed by atoms with van der Waals surface area (Å²) in [4.78, 5) is 11.8. The van der Waals surface area contributed by atoms with Gasteiger partial charge in [-0.1, -0.05) is 12.1 Å². The molecule has 0 atom stereocenters. The lowest BCUT2D eigenvalue weighted by molar-refractivity contribution is -0.131. The van der Waals surface area contributed by atoms with Gasteiger partial charge in [0.05, 0.1) is 5.75 Å². The third-order valence-corrected chi connectivity index (χ3v) is 5.39. The standard InChI is InChI=1S/C13H17FN2O3S/c1-13(2)12(17)15-7-8-16(13)20(18,19)9-10-3-5-11(14)6-4-10/h3-6H,7-9H2,1-2H3,(H,15,17). The van der Waals surface area contributed by atoms with E-state index in [0.29, 0.717) is 12.1 Å². The minimum absolute atomic E-state index is 0.238. The molecule has 1 aromatic rings. The molecule has 0 aromatic heterocycles. The quantitative estimate of drug-likeness (QED) is 0.900. The zero-order chi connectivity index (χ0) is 15.0. The van der Waals surface area contributed by atoms with E-state index in [4.69, 9.17) is 0 Å². The minimum Gasteiger partial charge on any atom is -0.353 e. The molecule has 1 aromatic carbocycles. The van der Waals surface area contributed by atoms with Crippen molar-refractivity contribution in [3.05, 3.63) is 35.6 Å². The first-order valence-corrected chi connectivity index (χ1v) is 7.88. The molecule has 1 saturated heterocycles. The number of carbonyl (C=O) groups is 1. The number of rotatable bonds is 3. The number of hydrogen-bond acceptors (Lipinski definition) is 3. The molecule has 110 valence electrons. The normalized spacial score (nSPS) is 19.6. The van der Waals surface area contributed by atoms with E-state index in [1.165, 1.54) is 28.6 Å². The lowest BCUT2D eigenvalue weighted by Gasteiger charge is -2.39. The fraction of sp³-hybridized carbons (Fsp3) is 0.462. The van der Waals surface area contributed by atoms with Gasteiger partial charge >= 0.3 is 0 Å². The second-order valence-corrected chi connectivity index (χ2v) is 7.16. The van der Waals surface area contributed by atoms with Gasteiger partial charge in [0.15, 0.2) is 0 Å². The number of sulfonamides is 1. The highest BCUT2D eigenvalue weighted by molar-refractivity contribution is 7.88. The summed E-state index contributed by atoms with van der Waals surface area (Å²) in [6.07, 6.45) is 0. The number of hydrogen-bond donors (Lipinski definition) is 1. The largest absolute Gasteiger partial charge is 0.353 e. The van der Waals surface area contributed by atoms with Gasteiger partial charge in [0.1, 0.15) is 11.4 Å². The van der Waals surface area contributed by atoms with Gasteiger partial charge in [0.25, 0.3) is 0 Å². The van der Waals surface area contributed by atoms with Crippen LogP contribution >= 0.6 is 0 Å². The SMILES string of the molecule is CC1(C)C(=O)NCCN1S(=O)(=O)Cc1ccc(F)cc1. The van der Waals surface area contributed by atoms with E-state index in [9.17, 15) is 17.6 Å². The van der Waals surface area contributed by atoms with E-state index < -0.39 is 21.4 Å². The van der Waals surface area contributed by atoms with Crippen LogP contribution in [0.5, 0.6) is 0 Å². The molecule has 1 N–H and O–H groups in total. The highest BCUT2D eigenvalue weighted by atomic mass is 32.2. The van der Waals surface area contributed by atoms with Gasteiger partial charge in [-0.25, -0.2) is 12.8 Å². The molecule has 0 aliphatic carbocycles. The molecule has 1 fully saturated rings. The smallest absolute Gasteiger partial charge is 0.241 e. The molecule has 1 heterocycles. The molecule has 1 amide bonds. The Labute approximate surface area is 117 Å². The molecule has 5 nitrogen and oxygen atoms in total. The minimum atomic E-state index is -3.64. The predicted octanol–water partition coefficient (Wildman–Crippen LogP) is 0.866. The second kappa shape index (κ2) is 5.14. The Hall–Kier alpha value is -1.47. The maximum Gasteiger partial charge on any atom is 0.241 e. The summed E-state index contributed by atoms with van der Waals surface area (Å²) in [5.74, 6) is -0.973. The van der Waals surface area contributed by atoms with Crippen molar-refractivity contribution < 1.29 is 17.6 Å². The van der Waals surface area contributed by atoms with Gasteiger partial charge < -0.3 is 5.32 Å².